The molecule has 1 unspecified atom stereocenters. The number of fused-ring (bicyclic) bond motifs is 1. The third-order valence-electron chi connectivity index (χ3n) is 5.09. The summed E-state index contributed by atoms with van der Waals surface area (Å²) in [5, 5.41) is 11.7. The maximum atomic E-state index is 4.76. The van der Waals surface area contributed by atoms with E-state index in [0.29, 0.717) is 18.6 Å². The van der Waals surface area contributed by atoms with E-state index in [1.807, 2.05) is 39.3 Å². The molecule has 27 heavy (non-hydrogen) atoms. The van der Waals surface area contributed by atoms with Crippen LogP contribution in [0.4, 0.5) is 5.95 Å². The maximum absolute atomic E-state index is 4.76. The number of anilines is 1. The van der Waals surface area contributed by atoms with Crippen LogP contribution >= 0.6 is 0 Å². The lowest BCUT2D eigenvalue weighted by molar-refractivity contribution is 0.499. The van der Waals surface area contributed by atoms with E-state index in [1.54, 1.807) is 0 Å². The van der Waals surface area contributed by atoms with Gasteiger partial charge in [0, 0.05) is 52.9 Å². The van der Waals surface area contributed by atoms with Crippen molar-refractivity contribution in [3.05, 3.63) is 29.3 Å². The van der Waals surface area contributed by atoms with Gasteiger partial charge in [0.05, 0.1) is 24.1 Å². The van der Waals surface area contributed by atoms with Crippen molar-refractivity contribution in [2.75, 3.05) is 26.0 Å². The van der Waals surface area contributed by atoms with Crippen molar-refractivity contribution < 1.29 is 0 Å². The number of aryl methyl sites for hydroxylation is 1. The summed E-state index contributed by atoms with van der Waals surface area (Å²) in [6, 6.07) is 0.755. The summed E-state index contributed by atoms with van der Waals surface area (Å²) >= 11 is 0. The monoisotopic (exact) mass is 372 g/mol. The SMILES string of the molecule is CN=C(NCc1cnc(N(C)C)n1C)NC1CCc2cn(C(C)C)nc2C1. The summed E-state index contributed by atoms with van der Waals surface area (Å²) < 4.78 is 4.16. The standard InChI is InChI=1S/C19H32N8/c1-13(2)27-12-14-7-8-15(9-17(14)24-27)23-18(20-3)21-10-16-11-22-19(25(4)5)26(16)6/h11-13,15H,7-10H2,1-6H3,(H2,20,21,23). The highest BCUT2D eigenvalue weighted by Gasteiger charge is 2.23. The molecule has 3 rings (SSSR count). The Hall–Kier alpha value is -2.51. The number of aliphatic imine (C=N–C) groups is 1. The van der Waals surface area contributed by atoms with Crippen LogP contribution in [0.25, 0.3) is 0 Å². The first-order chi connectivity index (χ1) is 12.9. The summed E-state index contributed by atoms with van der Waals surface area (Å²) in [7, 11) is 7.84. The Balaban J connectivity index is 1.58. The van der Waals surface area contributed by atoms with Gasteiger partial charge in [-0.2, -0.15) is 5.10 Å². The van der Waals surface area contributed by atoms with Crippen molar-refractivity contribution in [3.8, 4) is 0 Å². The molecule has 0 radical (unpaired) electrons. The van der Waals surface area contributed by atoms with E-state index < -0.39 is 0 Å². The molecule has 0 aromatic carbocycles. The molecule has 8 heteroatoms. The minimum atomic E-state index is 0.350. The summed E-state index contributed by atoms with van der Waals surface area (Å²) in [6.45, 7) is 5.01. The Morgan fingerprint density at radius 2 is 2.19 bits per heavy atom. The van der Waals surface area contributed by atoms with Gasteiger partial charge in [-0.05, 0) is 32.3 Å². The highest BCUT2D eigenvalue weighted by atomic mass is 15.3. The molecule has 1 aliphatic rings. The molecule has 1 aliphatic carbocycles. The molecule has 2 N–H and O–H groups in total. The first kappa shape index (κ1) is 19.3. The molecule has 0 fully saturated rings. The largest absolute Gasteiger partial charge is 0.353 e. The number of hydrogen-bond acceptors (Lipinski definition) is 4. The molecule has 0 spiro atoms. The second-order valence-corrected chi connectivity index (χ2v) is 7.69. The van der Waals surface area contributed by atoms with Crippen molar-refractivity contribution in [2.45, 2.75) is 51.7 Å². The molecule has 1 atom stereocenters. The van der Waals surface area contributed by atoms with Crippen LogP contribution in [-0.2, 0) is 26.4 Å². The van der Waals surface area contributed by atoms with E-state index in [9.17, 15) is 0 Å². The van der Waals surface area contributed by atoms with Crippen molar-refractivity contribution in [1.82, 2.24) is 30.0 Å². The lowest BCUT2D eigenvalue weighted by atomic mass is 9.94. The fourth-order valence-corrected chi connectivity index (χ4v) is 3.48. The first-order valence-electron chi connectivity index (χ1n) is 9.61. The number of imidazole rings is 1. The Bertz CT molecular complexity index is 799. The number of rotatable bonds is 5. The number of nitrogens with zero attached hydrogens (tertiary/aromatic N) is 6. The van der Waals surface area contributed by atoms with Crippen LogP contribution in [0.2, 0.25) is 0 Å². The Morgan fingerprint density at radius 1 is 1.41 bits per heavy atom. The van der Waals surface area contributed by atoms with Gasteiger partial charge in [0.15, 0.2) is 5.96 Å². The zero-order valence-electron chi connectivity index (χ0n) is 17.3. The van der Waals surface area contributed by atoms with Crippen LogP contribution in [0.5, 0.6) is 0 Å². The van der Waals surface area contributed by atoms with Gasteiger partial charge in [-0.1, -0.05) is 0 Å². The van der Waals surface area contributed by atoms with E-state index in [-0.39, 0.29) is 0 Å². The number of nitrogens with one attached hydrogen (secondary N) is 2. The summed E-state index contributed by atoms with van der Waals surface area (Å²) in [4.78, 5) is 10.8. The third-order valence-corrected chi connectivity index (χ3v) is 5.09. The Kier molecular flexibility index (Phi) is 5.72. The van der Waals surface area contributed by atoms with Gasteiger partial charge < -0.3 is 20.1 Å². The van der Waals surface area contributed by atoms with Gasteiger partial charge in [0.25, 0.3) is 0 Å². The highest BCUT2D eigenvalue weighted by Crippen LogP contribution is 2.21. The van der Waals surface area contributed by atoms with Gasteiger partial charge >= 0.3 is 0 Å². The van der Waals surface area contributed by atoms with Crippen molar-refractivity contribution in [2.24, 2.45) is 12.0 Å². The van der Waals surface area contributed by atoms with Gasteiger partial charge in [0.2, 0.25) is 5.95 Å². The van der Waals surface area contributed by atoms with Gasteiger partial charge in [-0.25, -0.2) is 4.98 Å². The molecule has 0 amide bonds. The van der Waals surface area contributed by atoms with Crippen LogP contribution in [-0.4, -0.2) is 52.5 Å². The van der Waals surface area contributed by atoms with Crippen molar-refractivity contribution in [1.29, 1.82) is 0 Å². The lowest BCUT2D eigenvalue weighted by Crippen LogP contribution is -2.45. The molecule has 2 heterocycles. The molecule has 2 aromatic rings. The zero-order chi connectivity index (χ0) is 19.6. The molecular formula is C19H32N8. The molecule has 8 nitrogen and oxygen atoms in total. The van der Waals surface area contributed by atoms with E-state index in [4.69, 9.17) is 5.10 Å². The minimum Gasteiger partial charge on any atom is -0.353 e. The number of aromatic nitrogens is 4. The van der Waals surface area contributed by atoms with Gasteiger partial charge in [-0.3, -0.25) is 9.67 Å². The third kappa shape index (κ3) is 4.26. The van der Waals surface area contributed by atoms with Crippen LogP contribution in [0.1, 0.15) is 43.3 Å². The smallest absolute Gasteiger partial charge is 0.204 e. The minimum absolute atomic E-state index is 0.350. The van der Waals surface area contributed by atoms with E-state index in [2.05, 4.69) is 49.9 Å². The second kappa shape index (κ2) is 8.02. The molecule has 148 valence electrons. The fourth-order valence-electron chi connectivity index (χ4n) is 3.48. The molecule has 0 saturated heterocycles. The number of hydrogen-bond donors (Lipinski definition) is 2. The van der Waals surface area contributed by atoms with Crippen LogP contribution in [0, 0.1) is 0 Å². The quantitative estimate of drug-likeness (QED) is 0.614. The highest BCUT2D eigenvalue weighted by molar-refractivity contribution is 5.80. The molecule has 0 bridgehead atoms. The molecule has 0 aliphatic heterocycles. The Morgan fingerprint density at radius 3 is 2.81 bits per heavy atom. The van der Waals surface area contributed by atoms with Gasteiger partial charge in [-0.15, -0.1) is 0 Å². The zero-order valence-corrected chi connectivity index (χ0v) is 17.3. The predicted molar refractivity (Wildman–Crippen MR) is 109 cm³/mol. The second-order valence-electron chi connectivity index (χ2n) is 7.69. The average Bonchev–Trinajstić information content (AvgIpc) is 3.21. The molecule has 2 aromatic heterocycles. The normalized spacial score (nSPS) is 17.1. The molecule has 0 saturated carbocycles. The first-order valence-corrected chi connectivity index (χ1v) is 9.61. The topological polar surface area (TPSA) is 75.3 Å². The van der Waals surface area contributed by atoms with E-state index >= 15 is 0 Å². The van der Waals surface area contributed by atoms with Gasteiger partial charge in [0.1, 0.15) is 0 Å². The van der Waals surface area contributed by atoms with Crippen LogP contribution in [0.3, 0.4) is 0 Å². The summed E-state index contributed by atoms with van der Waals surface area (Å²) in [5.74, 6) is 1.76. The Labute approximate surface area is 161 Å². The number of guanidine groups is 1. The fraction of sp³-hybridized carbons (Fsp3) is 0.632. The van der Waals surface area contributed by atoms with Crippen LogP contribution < -0.4 is 15.5 Å². The predicted octanol–water partition coefficient (Wildman–Crippen LogP) is 1.49. The van der Waals surface area contributed by atoms with E-state index in [1.165, 1.54) is 11.3 Å². The van der Waals surface area contributed by atoms with E-state index in [0.717, 1.165) is 36.9 Å². The summed E-state index contributed by atoms with van der Waals surface area (Å²) in [6.07, 6.45) is 7.19. The lowest BCUT2D eigenvalue weighted by Gasteiger charge is -2.24. The average molecular weight is 373 g/mol. The van der Waals surface area contributed by atoms with Crippen molar-refractivity contribution >= 4 is 11.9 Å². The maximum Gasteiger partial charge on any atom is 0.204 e. The summed E-state index contributed by atoms with van der Waals surface area (Å²) in [5.41, 5.74) is 3.71. The van der Waals surface area contributed by atoms with Crippen molar-refractivity contribution in [3.63, 3.8) is 0 Å². The van der Waals surface area contributed by atoms with Crippen LogP contribution in [0.15, 0.2) is 17.4 Å². The molecular weight excluding hydrogens is 340 g/mol.